The van der Waals surface area contributed by atoms with Gasteiger partial charge in [0.2, 0.25) is 0 Å². The molecular formula is C29H31ClN2O6. The van der Waals surface area contributed by atoms with Gasteiger partial charge < -0.3 is 29.9 Å². The Morgan fingerprint density at radius 3 is 2.42 bits per heavy atom. The molecule has 0 radical (unpaired) electrons. The Morgan fingerprint density at radius 1 is 0.947 bits per heavy atom. The monoisotopic (exact) mass is 538 g/mol. The summed E-state index contributed by atoms with van der Waals surface area (Å²) in [6.07, 6.45) is -5.45. The number of rotatable bonds is 8. The number of nitrogens with zero attached hydrogens (tertiary/aromatic N) is 2. The predicted molar refractivity (Wildman–Crippen MR) is 144 cm³/mol. The van der Waals surface area contributed by atoms with Crippen molar-refractivity contribution in [1.29, 1.82) is 0 Å². The van der Waals surface area contributed by atoms with E-state index in [0.717, 1.165) is 45.6 Å². The van der Waals surface area contributed by atoms with Gasteiger partial charge in [-0.1, -0.05) is 61.0 Å². The third-order valence-electron chi connectivity index (χ3n) is 6.98. The highest BCUT2D eigenvalue weighted by molar-refractivity contribution is 6.30. The molecule has 1 aliphatic heterocycles. The minimum absolute atomic E-state index is 0.120. The van der Waals surface area contributed by atoms with Gasteiger partial charge in [-0.15, -0.1) is 0 Å². The van der Waals surface area contributed by atoms with Crippen molar-refractivity contribution in [2.24, 2.45) is 0 Å². The molecule has 2 aromatic carbocycles. The number of aromatic nitrogens is 2. The summed E-state index contributed by atoms with van der Waals surface area (Å²) in [7, 11) is 0. The number of fused-ring (bicyclic) bond motifs is 1. The van der Waals surface area contributed by atoms with Crippen LogP contribution in [0.4, 0.5) is 0 Å². The van der Waals surface area contributed by atoms with Crippen molar-refractivity contribution in [3.63, 3.8) is 0 Å². The number of benzene rings is 2. The molecule has 4 N–H and O–H groups in total. The number of hydrogen-bond acceptors (Lipinski definition) is 7. The lowest BCUT2D eigenvalue weighted by atomic mass is 9.94. The third kappa shape index (κ3) is 5.09. The SMILES string of the molecule is CCc1ccc2c(-c3cccc(Cl)c3)c(CCO[C@@H]3O[C@H](CO)[C@H](O)[C@H](O)[C@H]3O)c(-c3ccccc3)nn12. The zero-order chi connectivity index (χ0) is 26.8. The average Bonchev–Trinajstić information content (AvgIpc) is 3.35. The van der Waals surface area contributed by atoms with Crippen LogP contribution in [-0.4, -0.2) is 74.0 Å². The standard InChI is InChI=1S/C29H31ClN2O6/c1-2-20-11-12-22-24(18-9-6-10-19(30)15-18)21(25(31-32(20)22)17-7-4-3-5-8-17)13-14-37-29-28(36)27(35)26(34)23(16-33)38-29/h3-12,15,23,26-29,33-36H,2,13-14,16H2,1H3/t23-,26+,27+,28-,29-/m1/s1. The largest absolute Gasteiger partial charge is 0.394 e. The molecule has 0 spiro atoms. The van der Waals surface area contributed by atoms with Crippen molar-refractivity contribution in [3.8, 4) is 22.4 Å². The van der Waals surface area contributed by atoms with Gasteiger partial charge in [0.1, 0.15) is 24.4 Å². The van der Waals surface area contributed by atoms with E-state index >= 15 is 0 Å². The van der Waals surface area contributed by atoms with E-state index in [1.54, 1.807) is 0 Å². The van der Waals surface area contributed by atoms with E-state index in [2.05, 4.69) is 19.1 Å². The molecular weight excluding hydrogens is 508 g/mol. The van der Waals surface area contributed by atoms with Crippen molar-refractivity contribution >= 4 is 17.1 Å². The quantitative estimate of drug-likeness (QED) is 0.272. The maximum Gasteiger partial charge on any atom is 0.186 e. The van der Waals surface area contributed by atoms with Crippen molar-refractivity contribution in [1.82, 2.24) is 9.61 Å². The zero-order valence-electron chi connectivity index (χ0n) is 20.9. The van der Waals surface area contributed by atoms with Gasteiger partial charge in [-0.2, -0.15) is 5.10 Å². The lowest BCUT2D eigenvalue weighted by molar-refractivity contribution is -0.300. The summed E-state index contributed by atoms with van der Waals surface area (Å²) in [5.74, 6) is 0. The minimum Gasteiger partial charge on any atom is -0.394 e. The molecule has 38 heavy (non-hydrogen) atoms. The molecule has 8 nitrogen and oxygen atoms in total. The van der Waals surface area contributed by atoms with Gasteiger partial charge in [0.15, 0.2) is 6.29 Å². The Morgan fingerprint density at radius 2 is 1.71 bits per heavy atom. The first kappa shape index (κ1) is 26.8. The summed E-state index contributed by atoms with van der Waals surface area (Å²) in [4.78, 5) is 0. The van der Waals surface area contributed by atoms with Crippen LogP contribution >= 0.6 is 11.6 Å². The molecule has 9 heteroatoms. The van der Waals surface area contributed by atoms with Crippen molar-refractivity contribution in [2.75, 3.05) is 13.2 Å². The maximum atomic E-state index is 10.4. The Labute approximate surface area is 225 Å². The molecule has 4 aromatic rings. The Balaban J connectivity index is 1.58. The van der Waals surface area contributed by atoms with Crippen molar-refractivity contribution in [3.05, 3.63) is 83.0 Å². The normalized spacial score (nSPS) is 23.7. The lowest BCUT2D eigenvalue weighted by Gasteiger charge is -2.39. The van der Waals surface area contributed by atoms with Crippen molar-refractivity contribution < 1.29 is 29.9 Å². The van der Waals surface area contributed by atoms with E-state index in [1.165, 1.54) is 0 Å². The topological polar surface area (TPSA) is 117 Å². The van der Waals surface area contributed by atoms with Crippen LogP contribution in [0.25, 0.3) is 27.9 Å². The summed E-state index contributed by atoms with van der Waals surface area (Å²) in [5.41, 5.74) is 6.57. The highest BCUT2D eigenvalue weighted by Gasteiger charge is 2.44. The van der Waals surface area contributed by atoms with E-state index in [1.807, 2.05) is 59.1 Å². The van der Waals surface area contributed by atoms with E-state index in [-0.39, 0.29) is 6.61 Å². The van der Waals surface area contributed by atoms with Gasteiger partial charge in [-0.05, 0) is 48.2 Å². The number of aliphatic hydroxyl groups is 4. The second-order valence-corrected chi connectivity index (χ2v) is 9.81. The number of hydrogen-bond donors (Lipinski definition) is 4. The number of aliphatic hydroxyl groups excluding tert-OH is 4. The van der Waals surface area contributed by atoms with Crippen LogP contribution in [0.2, 0.25) is 5.02 Å². The fourth-order valence-corrected chi connectivity index (χ4v) is 5.19. The molecule has 0 saturated carbocycles. The van der Waals surface area contributed by atoms with Crippen LogP contribution in [0.5, 0.6) is 0 Å². The maximum absolute atomic E-state index is 10.4. The van der Waals surface area contributed by atoms with Crippen LogP contribution in [0.15, 0.2) is 66.7 Å². The van der Waals surface area contributed by atoms with Gasteiger partial charge in [0.05, 0.1) is 24.4 Å². The molecule has 0 bridgehead atoms. The Hall–Kier alpha value is -2.82. The zero-order valence-corrected chi connectivity index (χ0v) is 21.7. The first-order valence-corrected chi connectivity index (χ1v) is 13.1. The molecule has 5 atom stereocenters. The van der Waals surface area contributed by atoms with Crippen LogP contribution in [-0.2, 0) is 22.3 Å². The van der Waals surface area contributed by atoms with Gasteiger partial charge in [-0.3, -0.25) is 0 Å². The number of ether oxygens (including phenoxy) is 2. The van der Waals surface area contributed by atoms with E-state index in [4.69, 9.17) is 26.2 Å². The molecule has 200 valence electrons. The molecule has 3 heterocycles. The van der Waals surface area contributed by atoms with Crippen LogP contribution < -0.4 is 0 Å². The molecule has 0 amide bonds. The number of aryl methyl sites for hydroxylation is 1. The average molecular weight is 539 g/mol. The number of halogens is 1. The van der Waals surface area contributed by atoms with E-state index in [9.17, 15) is 20.4 Å². The van der Waals surface area contributed by atoms with Crippen LogP contribution in [0, 0.1) is 0 Å². The third-order valence-corrected chi connectivity index (χ3v) is 7.22. The summed E-state index contributed by atoms with van der Waals surface area (Å²) in [5, 5.41) is 45.8. The highest BCUT2D eigenvalue weighted by Crippen LogP contribution is 2.37. The van der Waals surface area contributed by atoms with Crippen LogP contribution in [0.1, 0.15) is 18.2 Å². The summed E-state index contributed by atoms with van der Waals surface area (Å²) < 4.78 is 13.4. The van der Waals surface area contributed by atoms with Gasteiger partial charge in [0, 0.05) is 21.8 Å². The smallest absolute Gasteiger partial charge is 0.186 e. The van der Waals surface area contributed by atoms with Crippen molar-refractivity contribution in [2.45, 2.75) is 50.5 Å². The second kappa shape index (κ2) is 11.5. The Kier molecular flexibility index (Phi) is 8.11. The Bertz CT molecular complexity index is 1390. The van der Waals surface area contributed by atoms with Crippen LogP contribution in [0.3, 0.4) is 0 Å². The molecule has 1 aliphatic rings. The summed E-state index contributed by atoms with van der Waals surface area (Å²) >= 11 is 6.41. The molecule has 5 rings (SSSR count). The molecule has 1 fully saturated rings. The fraction of sp³-hybridized carbons (Fsp3) is 0.345. The summed E-state index contributed by atoms with van der Waals surface area (Å²) in [6, 6.07) is 21.7. The van der Waals surface area contributed by atoms with Gasteiger partial charge in [0.25, 0.3) is 0 Å². The lowest BCUT2D eigenvalue weighted by Crippen LogP contribution is -2.59. The first-order valence-electron chi connectivity index (χ1n) is 12.7. The second-order valence-electron chi connectivity index (χ2n) is 9.37. The molecule has 0 unspecified atom stereocenters. The van der Waals surface area contributed by atoms with Gasteiger partial charge >= 0.3 is 0 Å². The predicted octanol–water partition coefficient (Wildman–Crippen LogP) is 3.24. The minimum atomic E-state index is -1.50. The van der Waals surface area contributed by atoms with E-state index < -0.39 is 37.3 Å². The molecule has 0 aliphatic carbocycles. The molecule has 1 saturated heterocycles. The molecule has 2 aromatic heterocycles. The van der Waals surface area contributed by atoms with Gasteiger partial charge in [-0.25, -0.2) is 4.52 Å². The fourth-order valence-electron chi connectivity index (χ4n) is 5.00. The summed E-state index contributed by atoms with van der Waals surface area (Å²) in [6.45, 7) is 1.69. The van der Waals surface area contributed by atoms with E-state index in [0.29, 0.717) is 11.4 Å². The first-order chi connectivity index (χ1) is 18.4. The highest BCUT2D eigenvalue weighted by atomic mass is 35.5.